The smallest absolute Gasteiger partial charge is 0.227 e. The molecule has 1 heterocycles. The van der Waals surface area contributed by atoms with E-state index in [4.69, 9.17) is 15.2 Å². The zero-order chi connectivity index (χ0) is 18.0. The van der Waals surface area contributed by atoms with Crippen LogP contribution in [0.15, 0.2) is 42.5 Å². The Balaban J connectivity index is 1.84. The summed E-state index contributed by atoms with van der Waals surface area (Å²) in [6.45, 7) is 4.59. The van der Waals surface area contributed by atoms with E-state index in [1.54, 1.807) is 12.0 Å². The van der Waals surface area contributed by atoms with Gasteiger partial charge in [-0.05, 0) is 49.7 Å². The number of rotatable bonds is 5. The van der Waals surface area contributed by atoms with E-state index in [-0.39, 0.29) is 17.9 Å². The normalized spacial score (nSPS) is 17.2. The van der Waals surface area contributed by atoms with Gasteiger partial charge in [-0.2, -0.15) is 0 Å². The van der Waals surface area contributed by atoms with Crippen molar-refractivity contribution >= 4 is 17.3 Å². The van der Waals surface area contributed by atoms with Gasteiger partial charge in [0.25, 0.3) is 0 Å². The fraction of sp³-hybridized carbons (Fsp3) is 0.350. The van der Waals surface area contributed by atoms with Crippen molar-refractivity contribution in [2.24, 2.45) is 0 Å². The molecule has 0 aromatic heterocycles. The van der Waals surface area contributed by atoms with Crippen LogP contribution in [0, 0.1) is 0 Å². The third-order valence-electron chi connectivity index (χ3n) is 4.33. The Bertz CT molecular complexity index is 773. The molecule has 0 saturated carbocycles. The second-order valence-corrected chi connectivity index (χ2v) is 6.58. The van der Waals surface area contributed by atoms with Gasteiger partial charge >= 0.3 is 0 Å². The molecule has 5 nitrogen and oxygen atoms in total. The molecule has 132 valence electrons. The van der Waals surface area contributed by atoms with E-state index < -0.39 is 0 Å². The Hall–Kier alpha value is -2.69. The lowest BCUT2D eigenvalue weighted by molar-refractivity contribution is -0.117. The van der Waals surface area contributed by atoms with Crippen molar-refractivity contribution in [1.82, 2.24) is 0 Å². The Morgan fingerprint density at radius 2 is 1.96 bits per heavy atom. The molecule has 0 aliphatic carbocycles. The highest BCUT2D eigenvalue weighted by atomic mass is 16.5. The lowest BCUT2D eigenvalue weighted by atomic mass is 9.98. The molecule has 2 aromatic rings. The van der Waals surface area contributed by atoms with Crippen molar-refractivity contribution in [3.8, 4) is 11.5 Å². The summed E-state index contributed by atoms with van der Waals surface area (Å²) in [5.41, 5.74) is 8.43. The lowest BCUT2D eigenvalue weighted by Crippen LogP contribution is -2.24. The Kier molecular flexibility index (Phi) is 4.83. The molecule has 1 aliphatic rings. The van der Waals surface area contributed by atoms with Crippen molar-refractivity contribution in [2.45, 2.75) is 32.3 Å². The molecule has 5 heteroatoms. The number of nitrogens with two attached hydrogens (primary N) is 1. The predicted octanol–water partition coefficient (Wildman–Crippen LogP) is 3.59. The molecular formula is C20H24N2O3. The molecule has 1 unspecified atom stereocenters. The highest BCUT2D eigenvalue weighted by Gasteiger charge is 2.32. The summed E-state index contributed by atoms with van der Waals surface area (Å²) in [5, 5.41) is 0. The zero-order valence-corrected chi connectivity index (χ0v) is 14.9. The molecule has 0 bridgehead atoms. The Morgan fingerprint density at radius 1 is 1.16 bits per heavy atom. The van der Waals surface area contributed by atoms with Crippen LogP contribution in [0.3, 0.4) is 0 Å². The molecule has 1 aliphatic heterocycles. The van der Waals surface area contributed by atoms with Gasteiger partial charge in [0.2, 0.25) is 5.91 Å². The molecule has 25 heavy (non-hydrogen) atoms. The highest BCUT2D eigenvalue weighted by Crippen LogP contribution is 2.37. The van der Waals surface area contributed by atoms with Gasteiger partial charge in [-0.1, -0.05) is 12.1 Å². The number of carbonyl (C=O) groups excluding carboxylic acids is 1. The number of anilines is 2. The Labute approximate surface area is 148 Å². The van der Waals surface area contributed by atoms with Gasteiger partial charge in [-0.3, -0.25) is 4.79 Å². The molecule has 1 amide bonds. The third-order valence-corrected chi connectivity index (χ3v) is 4.33. The van der Waals surface area contributed by atoms with Crippen LogP contribution in [-0.4, -0.2) is 25.7 Å². The molecular weight excluding hydrogens is 316 g/mol. The maximum atomic E-state index is 12.5. The van der Waals surface area contributed by atoms with E-state index in [2.05, 4.69) is 0 Å². The number of benzene rings is 2. The van der Waals surface area contributed by atoms with Crippen molar-refractivity contribution < 1.29 is 14.3 Å². The molecule has 1 fully saturated rings. The van der Waals surface area contributed by atoms with Crippen molar-refractivity contribution in [3.63, 3.8) is 0 Å². The number of nitrogens with zero attached hydrogens (tertiary/aromatic N) is 1. The number of hydrogen-bond donors (Lipinski definition) is 1. The fourth-order valence-electron chi connectivity index (χ4n) is 3.17. The van der Waals surface area contributed by atoms with Crippen molar-refractivity contribution in [2.75, 3.05) is 24.3 Å². The van der Waals surface area contributed by atoms with Gasteiger partial charge in [0.1, 0.15) is 0 Å². The first kappa shape index (κ1) is 17.1. The first-order chi connectivity index (χ1) is 12.0. The minimum atomic E-state index is 0.0538. The predicted molar refractivity (Wildman–Crippen MR) is 99.3 cm³/mol. The molecule has 3 rings (SSSR count). The second-order valence-electron chi connectivity index (χ2n) is 6.58. The average Bonchev–Trinajstić information content (AvgIpc) is 2.96. The zero-order valence-electron chi connectivity index (χ0n) is 14.9. The summed E-state index contributed by atoms with van der Waals surface area (Å²) in [4.78, 5) is 14.3. The fourth-order valence-corrected chi connectivity index (χ4v) is 3.17. The monoisotopic (exact) mass is 340 g/mol. The summed E-state index contributed by atoms with van der Waals surface area (Å²) in [5.74, 6) is 1.64. The summed E-state index contributed by atoms with van der Waals surface area (Å²) >= 11 is 0. The number of nitrogen functional groups attached to an aromatic ring is 1. The van der Waals surface area contributed by atoms with E-state index in [0.717, 1.165) is 11.3 Å². The number of carbonyl (C=O) groups is 1. The summed E-state index contributed by atoms with van der Waals surface area (Å²) < 4.78 is 11.2. The number of hydrogen-bond acceptors (Lipinski definition) is 4. The molecule has 1 atom stereocenters. The second kappa shape index (κ2) is 7.05. The minimum Gasteiger partial charge on any atom is -0.493 e. The van der Waals surface area contributed by atoms with Gasteiger partial charge in [-0.25, -0.2) is 0 Å². The van der Waals surface area contributed by atoms with Crippen molar-refractivity contribution in [1.29, 1.82) is 0 Å². The maximum Gasteiger partial charge on any atom is 0.227 e. The molecule has 2 N–H and O–H groups in total. The third kappa shape index (κ3) is 3.71. The number of amides is 1. The number of ether oxygens (including phenoxy) is 2. The van der Waals surface area contributed by atoms with Crippen LogP contribution in [-0.2, 0) is 4.79 Å². The van der Waals surface area contributed by atoms with Gasteiger partial charge in [0.05, 0.1) is 13.2 Å². The van der Waals surface area contributed by atoms with Crippen LogP contribution in [0.25, 0.3) is 0 Å². The molecule has 0 radical (unpaired) electrons. The summed E-state index contributed by atoms with van der Waals surface area (Å²) in [7, 11) is 1.63. The summed E-state index contributed by atoms with van der Waals surface area (Å²) in [6.07, 6.45) is 0.528. The summed E-state index contributed by atoms with van der Waals surface area (Å²) in [6, 6.07) is 13.3. The van der Waals surface area contributed by atoms with Crippen molar-refractivity contribution in [3.05, 3.63) is 48.0 Å². The van der Waals surface area contributed by atoms with E-state index >= 15 is 0 Å². The van der Waals surface area contributed by atoms with Crippen LogP contribution in [0.1, 0.15) is 31.7 Å². The van der Waals surface area contributed by atoms with Crippen LogP contribution in [0.4, 0.5) is 11.4 Å². The van der Waals surface area contributed by atoms with Gasteiger partial charge in [-0.15, -0.1) is 0 Å². The van der Waals surface area contributed by atoms with Crippen LogP contribution in [0.2, 0.25) is 0 Å². The molecule has 0 spiro atoms. The van der Waals surface area contributed by atoms with Gasteiger partial charge in [0.15, 0.2) is 11.5 Å². The van der Waals surface area contributed by atoms with Gasteiger partial charge in [0, 0.05) is 30.3 Å². The lowest BCUT2D eigenvalue weighted by Gasteiger charge is -2.19. The Morgan fingerprint density at radius 3 is 2.64 bits per heavy atom. The SMILES string of the molecule is COc1ccc(C2CC(=O)N(c3cccc(N)c3)C2)cc1OC(C)C. The average molecular weight is 340 g/mol. The van der Waals surface area contributed by atoms with Crippen LogP contribution in [0.5, 0.6) is 11.5 Å². The van der Waals surface area contributed by atoms with E-state index in [0.29, 0.717) is 30.2 Å². The number of methoxy groups -OCH3 is 1. The van der Waals surface area contributed by atoms with E-state index in [1.807, 2.05) is 56.3 Å². The molecule has 1 saturated heterocycles. The molecule has 2 aromatic carbocycles. The van der Waals surface area contributed by atoms with Gasteiger partial charge < -0.3 is 20.1 Å². The topological polar surface area (TPSA) is 64.8 Å². The first-order valence-corrected chi connectivity index (χ1v) is 8.48. The maximum absolute atomic E-state index is 12.5. The standard InChI is InChI=1S/C20H24N2O3/c1-13(2)25-19-9-14(7-8-18(19)24-3)15-10-20(23)22(12-15)17-6-4-5-16(21)11-17/h4-9,11,13,15H,10,12,21H2,1-3H3. The highest BCUT2D eigenvalue weighted by molar-refractivity contribution is 5.96. The van der Waals surface area contributed by atoms with E-state index in [9.17, 15) is 4.79 Å². The quantitative estimate of drug-likeness (QED) is 0.845. The van der Waals surface area contributed by atoms with E-state index in [1.165, 1.54) is 0 Å². The van der Waals surface area contributed by atoms with Crippen LogP contribution >= 0.6 is 0 Å². The largest absolute Gasteiger partial charge is 0.493 e. The first-order valence-electron chi connectivity index (χ1n) is 8.48. The van der Waals surface area contributed by atoms with Crippen LogP contribution < -0.4 is 20.1 Å². The minimum absolute atomic E-state index is 0.0538.